The summed E-state index contributed by atoms with van der Waals surface area (Å²) in [6.07, 6.45) is 3.60. The third-order valence-electron chi connectivity index (χ3n) is 3.35. The largest absolute Gasteiger partial charge is 0.481 e. The molecule has 2 unspecified atom stereocenters. The SMILES string of the molecule is O=C(O)C1C2CCCC21.O=C1CNC(=O)N1. The van der Waals surface area contributed by atoms with Gasteiger partial charge in [-0.15, -0.1) is 0 Å². The number of carboxylic acids is 1. The Balaban J connectivity index is 0.000000125. The number of carboxylic acid groups (broad SMARTS) is 1. The van der Waals surface area contributed by atoms with Gasteiger partial charge in [-0.25, -0.2) is 4.79 Å². The molecule has 2 saturated carbocycles. The van der Waals surface area contributed by atoms with Gasteiger partial charge in [-0.3, -0.25) is 14.9 Å². The molecule has 88 valence electrons. The highest BCUT2D eigenvalue weighted by molar-refractivity contribution is 6.01. The van der Waals surface area contributed by atoms with Gasteiger partial charge in [0.2, 0.25) is 5.91 Å². The first-order valence-electron chi connectivity index (χ1n) is 5.40. The molecule has 2 aliphatic carbocycles. The summed E-state index contributed by atoms with van der Waals surface area (Å²) in [7, 11) is 0. The van der Waals surface area contributed by atoms with Crippen molar-refractivity contribution in [3.63, 3.8) is 0 Å². The Labute approximate surface area is 92.4 Å². The van der Waals surface area contributed by atoms with Crippen LogP contribution in [0.1, 0.15) is 19.3 Å². The number of imide groups is 1. The van der Waals surface area contributed by atoms with Crippen LogP contribution in [0.3, 0.4) is 0 Å². The average molecular weight is 226 g/mol. The van der Waals surface area contributed by atoms with Gasteiger partial charge < -0.3 is 10.4 Å². The summed E-state index contributed by atoms with van der Waals surface area (Å²) < 4.78 is 0. The van der Waals surface area contributed by atoms with Gasteiger partial charge in [-0.1, -0.05) is 6.42 Å². The molecule has 2 atom stereocenters. The molecule has 3 fully saturated rings. The normalized spacial score (nSPS) is 34.4. The van der Waals surface area contributed by atoms with Crippen LogP contribution >= 0.6 is 0 Å². The fourth-order valence-electron chi connectivity index (χ4n) is 2.56. The van der Waals surface area contributed by atoms with E-state index >= 15 is 0 Å². The highest BCUT2D eigenvalue weighted by atomic mass is 16.4. The highest BCUT2D eigenvalue weighted by Crippen LogP contribution is 2.57. The van der Waals surface area contributed by atoms with Crippen LogP contribution in [0.25, 0.3) is 0 Å². The van der Waals surface area contributed by atoms with Crippen LogP contribution in [0.5, 0.6) is 0 Å². The zero-order valence-electron chi connectivity index (χ0n) is 8.73. The summed E-state index contributed by atoms with van der Waals surface area (Å²) in [6, 6.07) is -0.398. The first-order valence-corrected chi connectivity index (χ1v) is 5.40. The minimum atomic E-state index is -0.565. The molecule has 3 rings (SSSR count). The van der Waals surface area contributed by atoms with E-state index in [1.54, 1.807) is 0 Å². The summed E-state index contributed by atoms with van der Waals surface area (Å²) in [5.41, 5.74) is 0. The number of hydrogen-bond acceptors (Lipinski definition) is 3. The smallest absolute Gasteiger partial charge is 0.321 e. The number of amides is 3. The molecule has 0 aromatic carbocycles. The van der Waals surface area contributed by atoms with Crippen LogP contribution in [0.4, 0.5) is 4.79 Å². The number of nitrogens with one attached hydrogen (secondary N) is 2. The lowest BCUT2D eigenvalue weighted by molar-refractivity contribution is -0.139. The van der Waals surface area contributed by atoms with Crippen LogP contribution in [0, 0.1) is 17.8 Å². The maximum Gasteiger partial charge on any atom is 0.321 e. The van der Waals surface area contributed by atoms with Gasteiger partial charge in [0.1, 0.15) is 0 Å². The van der Waals surface area contributed by atoms with Crippen molar-refractivity contribution in [2.45, 2.75) is 19.3 Å². The van der Waals surface area contributed by atoms with Crippen LogP contribution in [0.15, 0.2) is 0 Å². The summed E-state index contributed by atoms with van der Waals surface area (Å²) in [5.74, 6) is 0.374. The number of fused-ring (bicyclic) bond motifs is 1. The second-order valence-electron chi connectivity index (χ2n) is 4.35. The predicted molar refractivity (Wildman–Crippen MR) is 53.5 cm³/mol. The Kier molecular flexibility index (Phi) is 2.80. The maximum atomic E-state index is 10.4. The van der Waals surface area contributed by atoms with Crippen molar-refractivity contribution >= 4 is 17.9 Å². The molecular weight excluding hydrogens is 212 g/mol. The summed E-state index contributed by atoms with van der Waals surface area (Å²) >= 11 is 0. The Morgan fingerprint density at radius 3 is 2.12 bits per heavy atom. The predicted octanol–water partition coefficient (Wildman–Crippen LogP) is -0.0571. The Bertz CT molecular complexity index is 318. The minimum absolute atomic E-state index is 0.0544. The van der Waals surface area contributed by atoms with Crippen molar-refractivity contribution in [2.24, 2.45) is 17.8 Å². The van der Waals surface area contributed by atoms with E-state index in [0.29, 0.717) is 11.8 Å². The van der Waals surface area contributed by atoms with E-state index in [0.717, 1.165) is 0 Å². The molecule has 3 amide bonds. The van der Waals surface area contributed by atoms with Crippen molar-refractivity contribution in [3.8, 4) is 0 Å². The second-order valence-corrected chi connectivity index (χ2v) is 4.35. The topological polar surface area (TPSA) is 95.5 Å². The summed E-state index contributed by atoms with van der Waals surface area (Å²) in [5, 5.41) is 12.9. The molecule has 6 heteroatoms. The molecule has 0 radical (unpaired) electrons. The molecule has 1 heterocycles. The maximum absolute atomic E-state index is 10.4. The summed E-state index contributed by atoms with van der Waals surface area (Å²) in [4.78, 5) is 30.4. The first-order chi connectivity index (χ1) is 7.59. The molecule has 0 aromatic rings. The molecular formula is C10H14N2O4. The minimum Gasteiger partial charge on any atom is -0.481 e. The molecule has 1 saturated heterocycles. The van der Waals surface area contributed by atoms with Gasteiger partial charge >= 0.3 is 12.0 Å². The molecule has 3 N–H and O–H groups in total. The van der Waals surface area contributed by atoms with Crippen LogP contribution in [-0.2, 0) is 9.59 Å². The van der Waals surface area contributed by atoms with Gasteiger partial charge in [-0.2, -0.15) is 0 Å². The zero-order valence-corrected chi connectivity index (χ0v) is 8.73. The van der Waals surface area contributed by atoms with E-state index in [4.69, 9.17) is 5.11 Å². The molecule has 0 bridgehead atoms. The number of rotatable bonds is 1. The fourth-order valence-corrected chi connectivity index (χ4v) is 2.56. The van der Waals surface area contributed by atoms with E-state index in [2.05, 4.69) is 5.32 Å². The van der Waals surface area contributed by atoms with Crippen LogP contribution < -0.4 is 10.6 Å². The third kappa shape index (κ3) is 2.15. The second kappa shape index (κ2) is 4.11. The Hall–Kier alpha value is -1.59. The lowest BCUT2D eigenvalue weighted by atomic mass is 10.1. The van der Waals surface area contributed by atoms with E-state index < -0.39 is 12.0 Å². The van der Waals surface area contributed by atoms with Gasteiger partial charge in [0.25, 0.3) is 0 Å². The van der Waals surface area contributed by atoms with Crippen molar-refractivity contribution in [3.05, 3.63) is 0 Å². The number of carbonyl (C=O) groups is 3. The quantitative estimate of drug-likeness (QED) is 0.546. The molecule has 16 heavy (non-hydrogen) atoms. The van der Waals surface area contributed by atoms with E-state index in [1.165, 1.54) is 19.3 Å². The molecule has 3 aliphatic rings. The van der Waals surface area contributed by atoms with Crippen LogP contribution in [-0.4, -0.2) is 29.6 Å². The van der Waals surface area contributed by atoms with Crippen molar-refractivity contribution in [1.82, 2.24) is 10.6 Å². The van der Waals surface area contributed by atoms with Gasteiger partial charge in [0.05, 0.1) is 12.5 Å². The number of carbonyl (C=O) groups excluding carboxylic acids is 2. The average Bonchev–Trinajstić information content (AvgIpc) is 2.58. The van der Waals surface area contributed by atoms with E-state index in [-0.39, 0.29) is 18.4 Å². The highest BCUT2D eigenvalue weighted by Gasteiger charge is 2.56. The number of aliphatic carboxylic acids is 1. The number of urea groups is 1. The third-order valence-corrected chi connectivity index (χ3v) is 3.35. The molecule has 0 spiro atoms. The Morgan fingerprint density at radius 2 is 1.88 bits per heavy atom. The molecule has 6 nitrogen and oxygen atoms in total. The molecule has 1 aliphatic heterocycles. The molecule has 0 aromatic heterocycles. The monoisotopic (exact) mass is 226 g/mol. The Morgan fingerprint density at radius 1 is 1.25 bits per heavy atom. The van der Waals surface area contributed by atoms with Gasteiger partial charge in [0, 0.05) is 0 Å². The van der Waals surface area contributed by atoms with Gasteiger partial charge in [-0.05, 0) is 24.7 Å². The van der Waals surface area contributed by atoms with Crippen molar-refractivity contribution < 1.29 is 19.5 Å². The fraction of sp³-hybridized carbons (Fsp3) is 0.700. The van der Waals surface area contributed by atoms with E-state index in [9.17, 15) is 14.4 Å². The number of hydrogen-bond donors (Lipinski definition) is 3. The standard InChI is InChI=1S/C7H10O2.C3H4N2O2/c8-7(9)6-4-2-1-3-5(4)6;6-2-1-4-3(7)5-2/h4-6H,1-3H2,(H,8,9);1H2,(H2,4,5,6,7). The van der Waals surface area contributed by atoms with Crippen molar-refractivity contribution in [1.29, 1.82) is 0 Å². The van der Waals surface area contributed by atoms with Crippen molar-refractivity contribution in [2.75, 3.05) is 6.54 Å². The lowest BCUT2D eigenvalue weighted by Crippen LogP contribution is -2.22. The van der Waals surface area contributed by atoms with E-state index in [1.807, 2.05) is 5.32 Å². The zero-order chi connectivity index (χ0) is 11.7. The van der Waals surface area contributed by atoms with Crippen LogP contribution in [0.2, 0.25) is 0 Å². The lowest BCUT2D eigenvalue weighted by Gasteiger charge is -1.93. The van der Waals surface area contributed by atoms with Gasteiger partial charge in [0.15, 0.2) is 0 Å². The first kappa shape index (κ1) is 10.9. The summed E-state index contributed by atoms with van der Waals surface area (Å²) in [6.45, 7) is 0.124.